The van der Waals surface area contributed by atoms with Gasteiger partial charge in [-0.15, -0.1) is 5.10 Å². The zero-order valence-corrected chi connectivity index (χ0v) is 9.45. The Morgan fingerprint density at radius 2 is 2.20 bits per heavy atom. The monoisotopic (exact) mass is 210 g/mol. The van der Waals surface area contributed by atoms with Gasteiger partial charge in [-0.1, -0.05) is 25.9 Å². The van der Waals surface area contributed by atoms with Crippen LogP contribution in [0.25, 0.3) is 0 Å². The Labute approximate surface area is 89.6 Å². The molecule has 0 bridgehead atoms. The van der Waals surface area contributed by atoms with E-state index in [-0.39, 0.29) is 0 Å². The summed E-state index contributed by atoms with van der Waals surface area (Å²) in [6.45, 7) is 7.00. The maximum atomic E-state index is 5.44. The minimum Gasteiger partial charge on any atom is -0.407 e. The van der Waals surface area contributed by atoms with E-state index in [9.17, 15) is 0 Å². The minimum absolute atomic E-state index is 0.428. The Morgan fingerprint density at radius 1 is 1.47 bits per heavy atom. The number of rotatable bonds is 5. The van der Waals surface area contributed by atoms with E-state index in [1.807, 2.05) is 0 Å². The molecular weight excluding hydrogens is 192 g/mol. The van der Waals surface area contributed by atoms with Gasteiger partial charge in [0.25, 0.3) is 0 Å². The standard InChI is InChI=1S/C10H18N4O/c1-6(2)11-5-9-13-14-10(15-9)12-8-4-7(8)3/h6-8,11H,4-5H2,1-3H3,(H,12,14). The van der Waals surface area contributed by atoms with Crippen LogP contribution in [0.4, 0.5) is 6.01 Å². The molecule has 2 N–H and O–H groups in total. The quantitative estimate of drug-likeness (QED) is 0.769. The molecule has 2 atom stereocenters. The van der Waals surface area contributed by atoms with E-state index < -0.39 is 0 Å². The highest BCUT2D eigenvalue weighted by Gasteiger charge is 2.33. The Kier molecular flexibility index (Phi) is 2.90. The van der Waals surface area contributed by atoms with Crippen LogP contribution >= 0.6 is 0 Å². The molecule has 1 fully saturated rings. The van der Waals surface area contributed by atoms with Gasteiger partial charge < -0.3 is 15.1 Å². The molecule has 1 saturated carbocycles. The van der Waals surface area contributed by atoms with Gasteiger partial charge in [0, 0.05) is 12.1 Å². The molecule has 1 heterocycles. The van der Waals surface area contributed by atoms with Crippen LogP contribution in [0.1, 0.15) is 33.1 Å². The molecule has 1 aromatic rings. The van der Waals surface area contributed by atoms with E-state index in [1.165, 1.54) is 6.42 Å². The van der Waals surface area contributed by atoms with Gasteiger partial charge in [-0.3, -0.25) is 0 Å². The molecule has 1 aromatic heterocycles. The Bertz CT molecular complexity index is 323. The van der Waals surface area contributed by atoms with Crippen molar-refractivity contribution in [3.05, 3.63) is 5.89 Å². The second-order valence-corrected chi connectivity index (χ2v) is 4.50. The number of aromatic nitrogens is 2. The SMILES string of the molecule is CC(C)NCc1nnc(NC2CC2C)o1. The second kappa shape index (κ2) is 4.18. The molecule has 2 unspecified atom stereocenters. The van der Waals surface area contributed by atoms with Gasteiger partial charge in [0.15, 0.2) is 0 Å². The lowest BCUT2D eigenvalue weighted by molar-refractivity contribution is 0.458. The first-order chi connectivity index (χ1) is 7.15. The molecular formula is C10H18N4O. The van der Waals surface area contributed by atoms with Gasteiger partial charge in [-0.2, -0.15) is 0 Å². The molecule has 0 amide bonds. The van der Waals surface area contributed by atoms with E-state index >= 15 is 0 Å². The highest BCUT2D eigenvalue weighted by Crippen LogP contribution is 2.32. The van der Waals surface area contributed by atoms with Gasteiger partial charge >= 0.3 is 6.01 Å². The normalized spacial score (nSPS) is 24.5. The molecule has 2 rings (SSSR count). The molecule has 0 spiro atoms. The van der Waals surface area contributed by atoms with Crippen molar-refractivity contribution in [3.8, 4) is 0 Å². The lowest BCUT2D eigenvalue weighted by Gasteiger charge is -2.03. The summed E-state index contributed by atoms with van der Waals surface area (Å²) in [6, 6.07) is 1.50. The van der Waals surface area contributed by atoms with Crippen LogP contribution < -0.4 is 10.6 Å². The lowest BCUT2D eigenvalue weighted by atomic mass is 10.4. The van der Waals surface area contributed by atoms with Crippen molar-refractivity contribution in [2.45, 2.75) is 45.8 Å². The van der Waals surface area contributed by atoms with Crippen molar-refractivity contribution in [2.75, 3.05) is 5.32 Å². The molecule has 1 aliphatic rings. The van der Waals surface area contributed by atoms with Gasteiger partial charge in [0.05, 0.1) is 6.54 Å². The summed E-state index contributed by atoms with van der Waals surface area (Å²) in [5.41, 5.74) is 0. The highest BCUT2D eigenvalue weighted by molar-refractivity contribution is 5.23. The average molecular weight is 210 g/mol. The smallest absolute Gasteiger partial charge is 0.315 e. The molecule has 0 saturated heterocycles. The number of nitrogens with one attached hydrogen (secondary N) is 2. The summed E-state index contributed by atoms with van der Waals surface area (Å²) in [5.74, 6) is 1.37. The molecule has 0 aliphatic heterocycles. The van der Waals surface area contributed by atoms with Crippen molar-refractivity contribution in [3.63, 3.8) is 0 Å². The van der Waals surface area contributed by atoms with Gasteiger partial charge in [0.2, 0.25) is 5.89 Å². The lowest BCUT2D eigenvalue weighted by Crippen LogP contribution is -2.21. The van der Waals surface area contributed by atoms with Crippen LogP contribution in [0, 0.1) is 5.92 Å². The van der Waals surface area contributed by atoms with Crippen molar-refractivity contribution in [1.82, 2.24) is 15.5 Å². The third-order valence-corrected chi connectivity index (χ3v) is 2.55. The fourth-order valence-corrected chi connectivity index (χ4v) is 1.36. The van der Waals surface area contributed by atoms with Crippen molar-refractivity contribution in [2.24, 2.45) is 5.92 Å². The molecule has 15 heavy (non-hydrogen) atoms. The molecule has 5 nitrogen and oxygen atoms in total. The predicted octanol–water partition coefficient (Wildman–Crippen LogP) is 1.39. The largest absolute Gasteiger partial charge is 0.407 e. The van der Waals surface area contributed by atoms with Gasteiger partial charge in [-0.05, 0) is 12.3 Å². The van der Waals surface area contributed by atoms with Crippen LogP contribution in [0.2, 0.25) is 0 Å². The fraction of sp³-hybridized carbons (Fsp3) is 0.800. The molecule has 84 valence electrons. The first-order valence-electron chi connectivity index (χ1n) is 5.47. The number of anilines is 1. The third-order valence-electron chi connectivity index (χ3n) is 2.55. The van der Waals surface area contributed by atoms with Crippen molar-refractivity contribution in [1.29, 1.82) is 0 Å². The maximum absolute atomic E-state index is 5.44. The minimum atomic E-state index is 0.428. The molecule has 1 aliphatic carbocycles. The van der Waals surface area contributed by atoms with E-state index in [4.69, 9.17) is 4.42 Å². The first kappa shape index (κ1) is 10.4. The topological polar surface area (TPSA) is 63.0 Å². The van der Waals surface area contributed by atoms with Crippen LogP contribution in [-0.4, -0.2) is 22.3 Å². The van der Waals surface area contributed by atoms with Crippen molar-refractivity contribution < 1.29 is 4.42 Å². The average Bonchev–Trinajstić information content (AvgIpc) is 2.69. The van der Waals surface area contributed by atoms with E-state index in [0.29, 0.717) is 30.5 Å². The number of nitrogens with zero attached hydrogens (tertiary/aromatic N) is 2. The Morgan fingerprint density at radius 3 is 2.80 bits per heavy atom. The van der Waals surface area contributed by atoms with E-state index in [1.54, 1.807) is 0 Å². The summed E-state index contributed by atoms with van der Waals surface area (Å²) in [4.78, 5) is 0. The predicted molar refractivity (Wildman–Crippen MR) is 57.5 cm³/mol. The van der Waals surface area contributed by atoms with Crippen LogP contribution in [0.15, 0.2) is 4.42 Å². The third kappa shape index (κ3) is 2.92. The van der Waals surface area contributed by atoms with Crippen LogP contribution in [0.5, 0.6) is 0 Å². The summed E-state index contributed by atoms with van der Waals surface area (Å²) >= 11 is 0. The Hall–Kier alpha value is -1.10. The summed E-state index contributed by atoms with van der Waals surface area (Å²) < 4.78 is 5.44. The fourth-order valence-electron chi connectivity index (χ4n) is 1.36. The molecule has 0 radical (unpaired) electrons. The summed E-state index contributed by atoms with van der Waals surface area (Å²) in [7, 11) is 0. The highest BCUT2D eigenvalue weighted by atomic mass is 16.4. The van der Waals surface area contributed by atoms with Crippen LogP contribution in [0.3, 0.4) is 0 Å². The van der Waals surface area contributed by atoms with Gasteiger partial charge in [-0.25, -0.2) is 0 Å². The second-order valence-electron chi connectivity index (χ2n) is 4.50. The van der Waals surface area contributed by atoms with Crippen molar-refractivity contribution >= 4 is 6.01 Å². The summed E-state index contributed by atoms with van der Waals surface area (Å²) in [6.07, 6.45) is 1.20. The van der Waals surface area contributed by atoms with E-state index in [2.05, 4.69) is 41.6 Å². The molecule has 5 heteroatoms. The number of hydrogen-bond acceptors (Lipinski definition) is 5. The zero-order valence-electron chi connectivity index (χ0n) is 9.45. The van der Waals surface area contributed by atoms with Crippen LogP contribution in [-0.2, 0) is 6.54 Å². The Balaban J connectivity index is 1.81. The first-order valence-corrected chi connectivity index (χ1v) is 5.47. The molecule has 0 aromatic carbocycles. The maximum Gasteiger partial charge on any atom is 0.315 e. The summed E-state index contributed by atoms with van der Waals surface area (Å²) in [5, 5.41) is 14.3. The van der Waals surface area contributed by atoms with Gasteiger partial charge in [0.1, 0.15) is 0 Å². The number of hydrogen-bond donors (Lipinski definition) is 2. The zero-order chi connectivity index (χ0) is 10.8. The van der Waals surface area contributed by atoms with E-state index in [0.717, 1.165) is 5.92 Å².